The molecule has 1 aliphatic heterocycles. The van der Waals surface area contributed by atoms with E-state index in [1.807, 2.05) is 0 Å². The zero-order valence-corrected chi connectivity index (χ0v) is 9.67. The van der Waals surface area contributed by atoms with Crippen molar-refractivity contribution in [3.63, 3.8) is 0 Å². The number of hydrogen-bond acceptors (Lipinski definition) is 2. The van der Waals surface area contributed by atoms with Gasteiger partial charge in [-0.2, -0.15) is 0 Å². The summed E-state index contributed by atoms with van der Waals surface area (Å²) >= 11 is 0. The van der Waals surface area contributed by atoms with Crippen molar-refractivity contribution in [2.75, 3.05) is 6.61 Å². The summed E-state index contributed by atoms with van der Waals surface area (Å²) < 4.78 is 5.62. The van der Waals surface area contributed by atoms with E-state index in [1.54, 1.807) is 0 Å². The fraction of sp³-hybridized carbons (Fsp3) is 0.846. The zero-order valence-electron chi connectivity index (χ0n) is 9.67. The van der Waals surface area contributed by atoms with Crippen LogP contribution in [-0.4, -0.2) is 23.4 Å². The van der Waals surface area contributed by atoms with Crippen LogP contribution >= 0.6 is 0 Å². The van der Waals surface area contributed by atoms with E-state index < -0.39 is 5.60 Å². The van der Waals surface area contributed by atoms with Gasteiger partial charge in [-0.3, -0.25) is 0 Å². The summed E-state index contributed by atoms with van der Waals surface area (Å²) in [5.41, 5.74) is -0.519. The van der Waals surface area contributed by atoms with Crippen molar-refractivity contribution < 1.29 is 9.84 Å². The average molecular weight is 210 g/mol. The van der Waals surface area contributed by atoms with E-state index in [0.29, 0.717) is 6.61 Å². The summed E-state index contributed by atoms with van der Waals surface area (Å²) in [5.74, 6) is 2.62. The molecule has 0 bridgehead atoms. The zero-order chi connectivity index (χ0) is 11.1. The number of rotatable bonds is 5. The van der Waals surface area contributed by atoms with Gasteiger partial charge in [0.15, 0.2) is 0 Å². The van der Waals surface area contributed by atoms with Crippen LogP contribution in [0.4, 0.5) is 0 Å². The van der Waals surface area contributed by atoms with E-state index in [1.165, 1.54) is 0 Å². The van der Waals surface area contributed by atoms with Crippen LogP contribution in [0.25, 0.3) is 0 Å². The SMILES string of the molecule is C#CCCCC1(O)CCOC(CCC)C1. The Morgan fingerprint density at radius 3 is 3.07 bits per heavy atom. The van der Waals surface area contributed by atoms with Gasteiger partial charge in [0.2, 0.25) is 0 Å². The van der Waals surface area contributed by atoms with E-state index in [0.717, 1.165) is 44.9 Å². The van der Waals surface area contributed by atoms with Gasteiger partial charge in [-0.15, -0.1) is 12.3 Å². The smallest absolute Gasteiger partial charge is 0.0694 e. The third-order valence-electron chi connectivity index (χ3n) is 3.10. The Hall–Kier alpha value is -0.520. The maximum absolute atomic E-state index is 10.3. The van der Waals surface area contributed by atoms with Crippen molar-refractivity contribution in [3.8, 4) is 12.3 Å². The third-order valence-corrected chi connectivity index (χ3v) is 3.10. The molecule has 86 valence electrons. The van der Waals surface area contributed by atoms with E-state index in [4.69, 9.17) is 11.2 Å². The molecule has 1 saturated heterocycles. The van der Waals surface area contributed by atoms with Crippen molar-refractivity contribution in [1.82, 2.24) is 0 Å². The van der Waals surface area contributed by atoms with Gasteiger partial charge in [0.1, 0.15) is 0 Å². The van der Waals surface area contributed by atoms with Gasteiger partial charge in [0.25, 0.3) is 0 Å². The highest BCUT2D eigenvalue weighted by Crippen LogP contribution is 2.31. The number of hydrogen-bond donors (Lipinski definition) is 1. The number of unbranched alkanes of at least 4 members (excludes halogenated alkanes) is 1. The lowest BCUT2D eigenvalue weighted by molar-refractivity contribution is -0.109. The first-order chi connectivity index (χ1) is 7.20. The highest BCUT2D eigenvalue weighted by atomic mass is 16.5. The average Bonchev–Trinajstić information content (AvgIpc) is 2.18. The molecule has 1 rings (SSSR count). The number of terminal acetylenes is 1. The highest BCUT2D eigenvalue weighted by Gasteiger charge is 2.33. The minimum Gasteiger partial charge on any atom is -0.390 e. The van der Waals surface area contributed by atoms with Crippen LogP contribution in [0.1, 0.15) is 51.9 Å². The van der Waals surface area contributed by atoms with Crippen molar-refractivity contribution >= 4 is 0 Å². The summed E-state index contributed by atoms with van der Waals surface area (Å²) in [7, 11) is 0. The second kappa shape index (κ2) is 6.15. The van der Waals surface area contributed by atoms with E-state index in [9.17, 15) is 5.11 Å². The summed E-state index contributed by atoms with van der Waals surface area (Å²) in [4.78, 5) is 0. The predicted octanol–water partition coefficient (Wildman–Crippen LogP) is 2.50. The van der Waals surface area contributed by atoms with Gasteiger partial charge in [-0.05, 0) is 25.7 Å². The van der Waals surface area contributed by atoms with Gasteiger partial charge in [-0.25, -0.2) is 0 Å². The van der Waals surface area contributed by atoms with Gasteiger partial charge < -0.3 is 9.84 Å². The van der Waals surface area contributed by atoms with Crippen LogP contribution in [0.5, 0.6) is 0 Å². The van der Waals surface area contributed by atoms with E-state index in [2.05, 4.69) is 12.8 Å². The van der Waals surface area contributed by atoms with E-state index in [-0.39, 0.29) is 6.10 Å². The summed E-state index contributed by atoms with van der Waals surface area (Å²) in [6, 6.07) is 0. The molecule has 0 aliphatic carbocycles. The highest BCUT2D eigenvalue weighted by molar-refractivity contribution is 4.89. The van der Waals surface area contributed by atoms with Crippen molar-refractivity contribution in [2.45, 2.75) is 63.6 Å². The Labute approximate surface area is 93.0 Å². The second-order valence-corrected chi connectivity index (χ2v) is 4.52. The van der Waals surface area contributed by atoms with Gasteiger partial charge >= 0.3 is 0 Å². The molecular formula is C13H22O2. The molecular weight excluding hydrogens is 188 g/mol. The van der Waals surface area contributed by atoms with Crippen LogP contribution in [0.2, 0.25) is 0 Å². The van der Waals surface area contributed by atoms with Crippen LogP contribution < -0.4 is 0 Å². The van der Waals surface area contributed by atoms with Gasteiger partial charge in [0, 0.05) is 19.4 Å². The molecule has 2 unspecified atom stereocenters. The monoisotopic (exact) mass is 210 g/mol. The number of ether oxygens (including phenoxy) is 1. The van der Waals surface area contributed by atoms with E-state index >= 15 is 0 Å². The lowest BCUT2D eigenvalue weighted by atomic mass is 9.84. The first kappa shape index (κ1) is 12.5. The first-order valence-corrected chi connectivity index (χ1v) is 5.97. The minimum absolute atomic E-state index is 0.250. The molecule has 0 aromatic heterocycles. The van der Waals surface area contributed by atoms with Crippen LogP contribution in [-0.2, 0) is 4.74 Å². The molecule has 0 aromatic carbocycles. The Bertz CT molecular complexity index is 217. The Morgan fingerprint density at radius 2 is 2.40 bits per heavy atom. The minimum atomic E-state index is -0.519. The molecule has 2 nitrogen and oxygen atoms in total. The molecule has 0 amide bonds. The summed E-state index contributed by atoms with van der Waals surface area (Å²) in [6.45, 7) is 2.84. The maximum Gasteiger partial charge on any atom is 0.0694 e. The molecule has 2 atom stereocenters. The lowest BCUT2D eigenvalue weighted by Crippen LogP contribution is -2.40. The van der Waals surface area contributed by atoms with Crippen LogP contribution in [0.15, 0.2) is 0 Å². The van der Waals surface area contributed by atoms with Crippen molar-refractivity contribution in [1.29, 1.82) is 0 Å². The lowest BCUT2D eigenvalue weighted by Gasteiger charge is -2.37. The molecule has 1 aliphatic rings. The van der Waals surface area contributed by atoms with Crippen molar-refractivity contribution in [2.24, 2.45) is 0 Å². The topological polar surface area (TPSA) is 29.5 Å². The molecule has 1 heterocycles. The molecule has 0 radical (unpaired) electrons. The molecule has 1 N–H and O–H groups in total. The van der Waals surface area contributed by atoms with Crippen LogP contribution in [0, 0.1) is 12.3 Å². The molecule has 1 fully saturated rings. The summed E-state index contributed by atoms with van der Waals surface area (Å²) in [5, 5.41) is 10.3. The Kier molecular flexibility index (Phi) is 5.14. The predicted molar refractivity (Wildman–Crippen MR) is 61.5 cm³/mol. The Morgan fingerprint density at radius 1 is 1.60 bits per heavy atom. The normalized spacial score (nSPS) is 31.1. The quantitative estimate of drug-likeness (QED) is 0.558. The Balaban J connectivity index is 2.35. The van der Waals surface area contributed by atoms with Crippen LogP contribution in [0.3, 0.4) is 0 Å². The third kappa shape index (κ3) is 4.24. The fourth-order valence-electron chi connectivity index (χ4n) is 2.25. The molecule has 0 saturated carbocycles. The van der Waals surface area contributed by atoms with Gasteiger partial charge in [-0.1, -0.05) is 13.3 Å². The fourth-order valence-corrected chi connectivity index (χ4v) is 2.25. The molecule has 2 heteroatoms. The first-order valence-electron chi connectivity index (χ1n) is 5.97. The van der Waals surface area contributed by atoms with Crippen molar-refractivity contribution in [3.05, 3.63) is 0 Å². The number of aliphatic hydroxyl groups is 1. The standard InChI is InChI=1S/C13H22O2/c1-3-5-6-8-13(14)9-10-15-12(11-13)7-4-2/h1,12,14H,4-11H2,2H3. The second-order valence-electron chi connectivity index (χ2n) is 4.52. The molecule has 0 aromatic rings. The largest absolute Gasteiger partial charge is 0.390 e. The van der Waals surface area contributed by atoms with Gasteiger partial charge in [0.05, 0.1) is 11.7 Å². The maximum atomic E-state index is 10.3. The summed E-state index contributed by atoms with van der Waals surface area (Å²) in [6.07, 6.45) is 11.7. The molecule has 0 spiro atoms. The molecule has 15 heavy (non-hydrogen) atoms.